The Labute approximate surface area is 220 Å². The highest BCUT2D eigenvalue weighted by atomic mass is 16.5. The van der Waals surface area contributed by atoms with Crippen LogP contribution in [0.25, 0.3) is 0 Å². The molecular weight excluding hydrogens is 458 g/mol. The lowest BCUT2D eigenvalue weighted by molar-refractivity contribution is -0.160. The fraction of sp³-hybridized carbons (Fsp3) is 0.897. The second-order valence-corrected chi connectivity index (χ2v) is 10.2. The van der Waals surface area contributed by atoms with Gasteiger partial charge in [-0.25, -0.2) is 4.79 Å². The predicted molar refractivity (Wildman–Crippen MR) is 145 cm³/mol. The summed E-state index contributed by atoms with van der Waals surface area (Å²) < 4.78 is 5.23. The number of carboxylic acids is 1. The Morgan fingerprint density at radius 3 is 1.69 bits per heavy atom. The van der Waals surface area contributed by atoms with Gasteiger partial charge in [0.1, 0.15) is 0 Å². The molecule has 212 valence electrons. The Bertz CT molecular complexity index is 542. The van der Waals surface area contributed by atoms with E-state index in [1.165, 1.54) is 57.8 Å². The molecule has 0 saturated carbocycles. The number of carboxylic acid groups (broad SMARTS) is 1. The summed E-state index contributed by atoms with van der Waals surface area (Å²) >= 11 is 0. The van der Waals surface area contributed by atoms with Gasteiger partial charge in [-0.3, -0.25) is 9.59 Å². The van der Waals surface area contributed by atoms with Crippen LogP contribution in [0.3, 0.4) is 0 Å². The van der Waals surface area contributed by atoms with Crippen molar-refractivity contribution in [2.24, 2.45) is 0 Å². The molecule has 0 rings (SSSR count). The summed E-state index contributed by atoms with van der Waals surface area (Å²) in [6, 6.07) is 0. The average Bonchev–Trinajstić information content (AvgIpc) is 2.86. The molecule has 1 atom stereocenters. The number of aliphatic hydroxyl groups is 1. The molecule has 0 radical (unpaired) electrons. The van der Waals surface area contributed by atoms with Gasteiger partial charge in [0.15, 0.2) is 5.60 Å². The minimum atomic E-state index is -1.62. The van der Waals surface area contributed by atoms with Gasteiger partial charge in [0.2, 0.25) is 6.41 Å². The second-order valence-electron chi connectivity index (χ2n) is 10.2. The van der Waals surface area contributed by atoms with Gasteiger partial charge < -0.3 is 20.3 Å². The highest BCUT2D eigenvalue weighted by molar-refractivity contribution is 5.76. The minimum Gasteiger partial charge on any atom is -0.479 e. The summed E-state index contributed by atoms with van der Waals surface area (Å²) in [6.45, 7) is 3.26. The van der Waals surface area contributed by atoms with Crippen molar-refractivity contribution in [2.75, 3.05) is 13.2 Å². The fourth-order valence-electron chi connectivity index (χ4n) is 4.46. The third kappa shape index (κ3) is 21.6. The van der Waals surface area contributed by atoms with E-state index in [1.54, 1.807) is 0 Å². The number of ether oxygens (including phenoxy) is 1. The maximum atomic E-state index is 11.7. The number of carbonyl (C=O) groups is 3. The van der Waals surface area contributed by atoms with Gasteiger partial charge in [-0.15, -0.1) is 0 Å². The van der Waals surface area contributed by atoms with E-state index in [2.05, 4.69) is 12.2 Å². The van der Waals surface area contributed by atoms with Gasteiger partial charge in [-0.05, 0) is 44.9 Å². The molecule has 0 aliphatic carbocycles. The van der Waals surface area contributed by atoms with Crippen molar-refractivity contribution in [1.82, 2.24) is 5.32 Å². The molecule has 3 N–H and O–H groups in total. The number of esters is 1. The van der Waals surface area contributed by atoms with Gasteiger partial charge in [0.05, 0.1) is 6.61 Å². The molecular formula is C29H55NO6. The lowest BCUT2D eigenvalue weighted by Crippen LogP contribution is -2.38. The minimum absolute atomic E-state index is 0.194. The van der Waals surface area contributed by atoms with Crippen molar-refractivity contribution in [3.8, 4) is 0 Å². The van der Waals surface area contributed by atoms with Gasteiger partial charge in [-0.1, -0.05) is 96.8 Å². The van der Waals surface area contributed by atoms with Crippen LogP contribution < -0.4 is 5.32 Å². The molecule has 7 nitrogen and oxygen atoms in total. The first-order valence-electron chi connectivity index (χ1n) is 14.7. The normalized spacial score (nSPS) is 12.7. The number of unbranched alkanes of at least 4 members (excludes halogenated alkanes) is 16. The summed E-state index contributed by atoms with van der Waals surface area (Å²) in [6.07, 6.45) is 21.9. The largest absolute Gasteiger partial charge is 0.479 e. The van der Waals surface area contributed by atoms with E-state index in [9.17, 15) is 24.6 Å². The van der Waals surface area contributed by atoms with Crippen molar-refractivity contribution in [2.45, 2.75) is 154 Å². The molecule has 0 aliphatic heterocycles. The lowest BCUT2D eigenvalue weighted by Gasteiger charge is -2.23. The monoisotopic (exact) mass is 513 g/mol. The smallest absolute Gasteiger partial charge is 0.335 e. The average molecular weight is 514 g/mol. The van der Waals surface area contributed by atoms with Crippen molar-refractivity contribution < 1.29 is 29.3 Å². The Morgan fingerprint density at radius 1 is 0.722 bits per heavy atom. The highest BCUT2D eigenvalue weighted by Crippen LogP contribution is 2.24. The van der Waals surface area contributed by atoms with Crippen molar-refractivity contribution >= 4 is 18.3 Å². The zero-order chi connectivity index (χ0) is 26.7. The van der Waals surface area contributed by atoms with E-state index in [0.717, 1.165) is 57.8 Å². The number of amides is 1. The summed E-state index contributed by atoms with van der Waals surface area (Å²) in [7, 11) is 0. The third-order valence-electron chi connectivity index (χ3n) is 6.88. The summed E-state index contributed by atoms with van der Waals surface area (Å²) in [5.41, 5.74) is -1.62. The van der Waals surface area contributed by atoms with Crippen molar-refractivity contribution in [1.29, 1.82) is 0 Å². The van der Waals surface area contributed by atoms with Crippen LogP contribution in [0.5, 0.6) is 0 Å². The maximum Gasteiger partial charge on any atom is 0.335 e. The predicted octanol–water partition coefficient (Wildman–Crippen LogP) is 6.69. The third-order valence-corrected chi connectivity index (χ3v) is 6.88. The summed E-state index contributed by atoms with van der Waals surface area (Å²) in [5.74, 6) is -1.30. The molecule has 0 spiro atoms. The maximum absolute atomic E-state index is 11.7. The van der Waals surface area contributed by atoms with Crippen molar-refractivity contribution in [3.05, 3.63) is 0 Å². The zero-order valence-corrected chi connectivity index (χ0v) is 23.1. The summed E-state index contributed by atoms with van der Waals surface area (Å²) in [4.78, 5) is 33.5. The molecule has 0 aromatic carbocycles. The zero-order valence-electron chi connectivity index (χ0n) is 23.1. The van der Waals surface area contributed by atoms with Gasteiger partial charge in [0, 0.05) is 13.0 Å². The standard InChI is InChI=1S/C29H55NO6/c1-2-3-4-5-6-7-8-9-10-11-12-17-22-29(35,28(33)34)23-18-13-14-20-25-36-27(32)21-16-15-19-24-30-26-31/h26,35H,2-25H2,1H3,(H,30,31)(H,33,34). The van der Waals surface area contributed by atoms with Crippen LogP contribution in [-0.2, 0) is 19.1 Å². The number of rotatable bonds is 28. The molecule has 36 heavy (non-hydrogen) atoms. The topological polar surface area (TPSA) is 113 Å². The molecule has 0 fully saturated rings. The Morgan fingerprint density at radius 2 is 1.19 bits per heavy atom. The second kappa shape index (κ2) is 25.0. The SMILES string of the molecule is CCCCCCCCCCCCCCC(O)(CCCCCCOC(=O)CCCCCNC=O)C(=O)O. The van der Waals surface area contributed by atoms with Crippen LogP contribution in [0.4, 0.5) is 0 Å². The molecule has 0 heterocycles. The molecule has 0 aromatic heterocycles. The van der Waals surface area contributed by atoms with Crippen LogP contribution in [0.1, 0.15) is 148 Å². The number of aliphatic carboxylic acids is 1. The molecule has 0 saturated heterocycles. The van der Waals surface area contributed by atoms with Gasteiger partial charge >= 0.3 is 11.9 Å². The molecule has 0 bridgehead atoms. The first kappa shape index (κ1) is 34.4. The fourth-order valence-corrected chi connectivity index (χ4v) is 4.46. The van der Waals surface area contributed by atoms with E-state index in [-0.39, 0.29) is 12.4 Å². The Hall–Kier alpha value is -1.63. The molecule has 0 aliphatic rings. The van der Waals surface area contributed by atoms with E-state index < -0.39 is 11.6 Å². The quantitative estimate of drug-likeness (QED) is 0.0610. The van der Waals surface area contributed by atoms with E-state index >= 15 is 0 Å². The highest BCUT2D eigenvalue weighted by Gasteiger charge is 2.34. The van der Waals surface area contributed by atoms with Gasteiger partial charge in [-0.2, -0.15) is 0 Å². The first-order valence-corrected chi connectivity index (χ1v) is 14.7. The number of hydrogen-bond donors (Lipinski definition) is 3. The molecule has 0 aromatic rings. The van der Waals surface area contributed by atoms with Crippen LogP contribution in [0, 0.1) is 0 Å². The number of nitrogens with one attached hydrogen (secondary N) is 1. The number of hydrogen-bond acceptors (Lipinski definition) is 5. The molecule has 1 unspecified atom stereocenters. The van der Waals surface area contributed by atoms with Crippen LogP contribution in [0.15, 0.2) is 0 Å². The van der Waals surface area contributed by atoms with Crippen LogP contribution in [-0.4, -0.2) is 47.3 Å². The van der Waals surface area contributed by atoms with E-state index in [0.29, 0.717) is 38.8 Å². The van der Waals surface area contributed by atoms with Gasteiger partial charge in [0.25, 0.3) is 0 Å². The van der Waals surface area contributed by atoms with Crippen LogP contribution in [0.2, 0.25) is 0 Å². The van der Waals surface area contributed by atoms with Crippen molar-refractivity contribution in [3.63, 3.8) is 0 Å². The Balaban J connectivity index is 3.68. The van der Waals surface area contributed by atoms with E-state index in [1.807, 2.05) is 0 Å². The molecule has 7 heteroatoms. The van der Waals surface area contributed by atoms with Crippen LogP contribution >= 0.6 is 0 Å². The summed E-state index contributed by atoms with van der Waals surface area (Å²) in [5, 5.41) is 22.7. The lowest BCUT2D eigenvalue weighted by atomic mass is 9.90. The van der Waals surface area contributed by atoms with E-state index in [4.69, 9.17) is 4.74 Å². The Kier molecular flexibility index (Phi) is 23.9. The number of carbonyl (C=O) groups excluding carboxylic acids is 2. The first-order chi connectivity index (χ1) is 17.5. The molecule has 1 amide bonds.